The predicted octanol–water partition coefficient (Wildman–Crippen LogP) is 2.47. The topological polar surface area (TPSA) is 26.3 Å². The number of benzene rings is 1. The van der Waals surface area contributed by atoms with Crippen molar-refractivity contribution in [2.45, 2.75) is 19.8 Å². The SMILES string of the molecule is CCc1ccccc1C(=O)C1CCOC1. The maximum absolute atomic E-state index is 12.1. The van der Waals surface area contributed by atoms with Gasteiger partial charge in [0.05, 0.1) is 6.61 Å². The highest BCUT2D eigenvalue weighted by molar-refractivity contribution is 5.99. The van der Waals surface area contributed by atoms with Crippen molar-refractivity contribution < 1.29 is 9.53 Å². The highest BCUT2D eigenvalue weighted by atomic mass is 16.5. The van der Waals surface area contributed by atoms with E-state index in [9.17, 15) is 4.79 Å². The second-order valence-electron chi connectivity index (χ2n) is 3.94. The summed E-state index contributed by atoms with van der Waals surface area (Å²) in [5.41, 5.74) is 2.03. The first kappa shape index (κ1) is 10.4. The minimum atomic E-state index is 0.0812. The van der Waals surface area contributed by atoms with Crippen molar-refractivity contribution in [3.05, 3.63) is 35.4 Å². The van der Waals surface area contributed by atoms with E-state index in [0.717, 1.165) is 30.6 Å². The van der Waals surface area contributed by atoms with Gasteiger partial charge in [0.1, 0.15) is 0 Å². The fraction of sp³-hybridized carbons (Fsp3) is 0.462. The zero-order valence-corrected chi connectivity index (χ0v) is 9.03. The Morgan fingerprint density at radius 1 is 1.47 bits per heavy atom. The largest absolute Gasteiger partial charge is 0.381 e. The van der Waals surface area contributed by atoms with Crippen LogP contribution in [0.4, 0.5) is 0 Å². The second kappa shape index (κ2) is 4.58. The van der Waals surface area contributed by atoms with E-state index in [0.29, 0.717) is 6.61 Å². The summed E-state index contributed by atoms with van der Waals surface area (Å²) in [4.78, 5) is 12.1. The smallest absolute Gasteiger partial charge is 0.168 e. The zero-order chi connectivity index (χ0) is 10.7. The number of ketones is 1. The lowest BCUT2D eigenvalue weighted by molar-refractivity contribution is 0.0899. The molecule has 1 heterocycles. The van der Waals surface area contributed by atoms with Gasteiger partial charge in [-0.3, -0.25) is 4.79 Å². The van der Waals surface area contributed by atoms with Crippen LogP contribution < -0.4 is 0 Å². The maximum atomic E-state index is 12.1. The molecule has 1 unspecified atom stereocenters. The average molecular weight is 204 g/mol. The molecule has 1 atom stereocenters. The molecule has 2 heteroatoms. The lowest BCUT2D eigenvalue weighted by Crippen LogP contribution is -2.16. The first-order valence-electron chi connectivity index (χ1n) is 5.52. The number of Topliss-reactive ketones (excluding diaryl/α,β-unsaturated/α-hetero) is 1. The van der Waals surface area contributed by atoms with E-state index in [1.54, 1.807) is 0 Å². The molecule has 0 spiro atoms. The molecule has 1 aliphatic rings. The summed E-state index contributed by atoms with van der Waals surface area (Å²) in [6.07, 6.45) is 1.78. The van der Waals surface area contributed by atoms with Crippen molar-refractivity contribution in [3.63, 3.8) is 0 Å². The van der Waals surface area contributed by atoms with Gasteiger partial charge in [-0.05, 0) is 18.4 Å². The number of hydrogen-bond donors (Lipinski definition) is 0. The fourth-order valence-electron chi connectivity index (χ4n) is 2.03. The molecule has 1 fully saturated rings. The van der Waals surface area contributed by atoms with E-state index < -0.39 is 0 Å². The molecular weight excluding hydrogens is 188 g/mol. The van der Waals surface area contributed by atoms with Crippen LogP contribution in [0.25, 0.3) is 0 Å². The molecule has 0 N–H and O–H groups in total. The Hall–Kier alpha value is -1.15. The van der Waals surface area contributed by atoms with Gasteiger partial charge in [-0.1, -0.05) is 31.2 Å². The normalized spacial score (nSPS) is 20.5. The summed E-state index contributed by atoms with van der Waals surface area (Å²) in [5, 5.41) is 0. The molecule has 2 rings (SSSR count). The van der Waals surface area contributed by atoms with Crippen LogP contribution in [-0.2, 0) is 11.2 Å². The highest BCUT2D eigenvalue weighted by Gasteiger charge is 2.25. The number of hydrogen-bond acceptors (Lipinski definition) is 2. The van der Waals surface area contributed by atoms with Gasteiger partial charge in [0.25, 0.3) is 0 Å². The Balaban J connectivity index is 2.24. The van der Waals surface area contributed by atoms with Crippen LogP contribution in [0.3, 0.4) is 0 Å². The molecule has 1 aromatic carbocycles. The molecule has 0 saturated carbocycles. The summed E-state index contributed by atoms with van der Waals surface area (Å²) in [6, 6.07) is 7.88. The lowest BCUT2D eigenvalue weighted by Gasteiger charge is -2.10. The van der Waals surface area contributed by atoms with Gasteiger partial charge in [-0.15, -0.1) is 0 Å². The molecule has 2 nitrogen and oxygen atoms in total. The van der Waals surface area contributed by atoms with E-state index in [4.69, 9.17) is 4.74 Å². The Labute approximate surface area is 90.3 Å². The van der Waals surface area contributed by atoms with E-state index in [2.05, 4.69) is 6.92 Å². The third kappa shape index (κ3) is 2.10. The maximum Gasteiger partial charge on any atom is 0.168 e. The van der Waals surface area contributed by atoms with Crippen molar-refractivity contribution in [3.8, 4) is 0 Å². The van der Waals surface area contributed by atoms with Gasteiger partial charge in [0.15, 0.2) is 5.78 Å². The van der Waals surface area contributed by atoms with E-state index in [1.807, 2.05) is 24.3 Å². The highest BCUT2D eigenvalue weighted by Crippen LogP contribution is 2.20. The molecule has 80 valence electrons. The van der Waals surface area contributed by atoms with Gasteiger partial charge in [0, 0.05) is 18.1 Å². The van der Waals surface area contributed by atoms with Crippen LogP contribution in [0.1, 0.15) is 29.3 Å². The van der Waals surface area contributed by atoms with Crippen LogP contribution in [0.2, 0.25) is 0 Å². The molecule has 1 aliphatic heterocycles. The molecule has 1 aromatic rings. The van der Waals surface area contributed by atoms with Gasteiger partial charge in [-0.2, -0.15) is 0 Å². The van der Waals surface area contributed by atoms with Gasteiger partial charge >= 0.3 is 0 Å². The standard InChI is InChI=1S/C13H16O2/c1-2-10-5-3-4-6-12(10)13(14)11-7-8-15-9-11/h3-6,11H,2,7-9H2,1H3. The molecule has 0 aliphatic carbocycles. The summed E-state index contributed by atoms with van der Waals surface area (Å²) >= 11 is 0. The molecular formula is C13H16O2. The van der Waals surface area contributed by atoms with Crippen LogP contribution in [0.5, 0.6) is 0 Å². The second-order valence-corrected chi connectivity index (χ2v) is 3.94. The zero-order valence-electron chi connectivity index (χ0n) is 9.03. The predicted molar refractivity (Wildman–Crippen MR) is 59.1 cm³/mol. The minimum absolute atomic E-state index is 0.0812. The first-order chi connectivity index (χ1) is 7.33. The van der Waals surface area contributed by atoms with Gasteiger partial charge in [-0.25, -0.2) is 0 Å². The van der Waals surface area contributed by atoms with Crippen LogP contribution in [0.15, 0.2) is 24.3 Å². The molecule has 0 bridgehead atoms. The molecule has 0 amide bonds. The lowest BCUT2D eigenvalue weighted by atomic mass is 9.93. The summed E-state index contributed by atoms with van der Waals surface area (Å²) in [7, 11) is 0. The van der Waals surface area contributed by atoms with Crippen LogP contribution in [-0.4, -0.2) is 19.0 Å². The third-order valence-corrected chi connectivity index (χ3v) is 2.96. The number of carbonyl (C=O) groups excluding carboxylic acids is 1. The molecule has 15 heavy (non-hydrogen) atoms. The summed E-state index contributed by atoms with van der Waals surface area (Å²) in [5.74, 6) is 0.336. The number of carbonyl (C=O) groups is 1. The Morgan fingerprint density at radius 2 is 2.27 bits per heavy atom. The Kier molecular flexibility index (Phi) is 3.17. The number of aryl methyl sites for hydroxylation is 1. The molecule has 0 radical (unpaired) electrons. The van der Waals surface area contributed by atoms with Gasteiger partial charge in [0.2, 0.25) is 0 Å². The monoisotopic (exact) mass is 204 g/mol. The fourth-order valence-corrected chi connectivity index (χ4v) is 2.03. The van der Waals surface area contributed by atoms with Crippen LogP contribution in [0, 0.1) is 5.92 Å². The van der Waals surface area contributed by atoms with Crippen molar-refractivity contribution in [2.24, 2.45) is 5.92 Å². The van der Waals surface area contributed by atoms with E-state index in [-0.39, 0.29) is 11.7 Å². The minimum Gasteiger partial charge on any atom is -0.381 e. The van der Waals surface area contributed by atoms with E-state index in [1.165, 1.54) is 0 Å². The first-order valence-corrected chi connectivity index (χ1v) is 5.52. The summed E-state index contributed by atoms with van der Waals surface area (Å²) in [6.45, 7) is 3.40. The summed E-state index contributed by atoms with van der Waals surface area (Å²) < 4.78 is 5.25. The van der Waals surface area contributed by atoms with Gasteiger partial charge < -0.3 is 4.74 Å². The molecule has 1 saturated heterocycles. The van der Waals surface area contributed by atoms with E-state index >= 15 is 0 Å². The number of rotatable bonds is 3. The van der Waals surface area contributed by atoms with Crippen molar-refractivity contribution in [1.29, 1.82) is 0 Å². The Bertz CT molecular complexity index is 351. The number of ether oxygens (including phenoxy) is 1. The van der Waals surface area contributed by atoms with Crippen LogP contribution >= 0.6 is 0 Å². The quantitative estimate of drug-likeness (QED) is 0.707. The third-order valence-electron chi connectivity index (χ3n) is 2.96. The van der Waals surface area contributed by atoms with Crippen molar-refractivity contribution in [1.82, 2.24) is 0 Å². The Morgan fingerprint density at radius 3 is 2.93 bits per heavy atom. The average Bonchev–Trinajstić information content (AvgIpc) is 2.81. The molecule has 0 aromatic heterocycles. The van der Waals surface area contributed by atoms with Crippen molar-refractivity contribution in [2.75, 3.05) is 13.2 Å². The van der Waals surface area contributed by atoms with Crippen molar-refractivity contribution >= 4 is 5.78 Å².